The van der Waals surface area contributed by atoms with E-state index in [-0.39, 0.29) is 12.5 Å². The van der Waals surface area contributed by atoms with E-state index in [0.29, 0.717) is 16.5 Å². The normalized spacial score (nSPS) is 24.6. The monoisotopic (exact) mass is 461 g/mol. The summed E-state index contributed by atoms with van der Waals surface area (Å²) in [6.45, 7) is 6.85. The molecule has 160 valence electrons. The van der Waals surface area contributed by atoms with Gasteiger partial charge in [-0.05, 0) is 51.5 Å². The van der Waals surface area contributed by atoms with Gasteiger partial charge in [0.2, 0.25) is 0 Å². The molecule has 9 heteroatoms. The van der Waals surface area contributed by atoms with Crippen LogP contribution in [0.3, 0.4) is 0 Å². The van der Waals surface area contributed by atoms with Crippen molar-refractivity contribution < 1.29 is 23.9 Å². The summed E-state index contributed by atoms with van der Waals surface area (Å²) in [5, 5.41) is 3.16. The van der Waals surface area contributed by atoms with Crippen LogP contribution in [-0.4, -0.2) is 34.9 Å². The van der Waals surface area contributed by atoms with Gasteiger partial charge in [0.25, 0.3) is 5.91 Å². The molecule has 1 heterocycles. The van der Waals surface area contributed by atoms with Crippen LogP contribution in [0.1, 0.15) is 61.3 Å². The lowest BCUT2D eigenvalue weighted by Gasteiger charge is -2.19. The van der Waals surface area contributed by atoms with Crippen LogP contribution in [0.15, 0.2) is 0 Å². The Hall–Kier alpha value is -1.31. The SMILES string of the molecule is CC1CCc2c(sc(NC(=O)COC(=O)C3(C)CC3(Cl)Cl)c2C(=O)OC(C)C)C1. The maximum absolute atomic E-state index is 12.7. The Kier molecular flexibility index (Phi) is 6.23. The molecular weight excluding hydrogens is 437 g/mol. The summed E-state index contributed by atoms with van der Waals surface area (Å²) in [6.07, 6.45) is 2.62. The van der Waals surface area contributed by atoms with Gasteiger partial charge in [-0.2, -0.15) is 0 Å². The Morgan fingerprint density at radius 1 is 1.31 bits per heavy atom. The molecular formula is C20H25Cl2NO5S. The Morgan fingerprint density at radius 3 is 2.55 bits per heavy atom. The fourth-order valence-electron chi connectivity index (χ4n) is 3.40. The quantitative estimate of drug-likeness (QED) is 0.497. The third-order valence-corrected chi connectivity index (χ3v) is 7.63. The third kappa shape index (κ3) is 4.57. The van der Waals surface area contributed by atoms with E-state index in [9.17, 15) is 14.4 Å². The minimum Gasteiger partial charge on any atom is -0.459 e. The van der Waals surface area contributed by atoms with Crippen LogP contribution >= 0.6 is 34.5 Å². The minimum absolute atomic E-state index is 0.268. The van der Waals surface area contributed by atoms with Crippen LogP contribution in [0.5, 0.6) is 0 Å². The molecule has 2 atom stereocenters. The number of carbonyl (C=O) groups is 3. The van der Waals surface area contributed by atoms with Gasteiger partial charge in [0.05, 0.1) is 11.7 Å². The van der Waals surface area contributed by atoms with E-state index in [4.69, 9.17) is 32.7 Å². The number of nitrogens with one attached hydrogen (secondary N) is 1. The molecule has 0 aromatic carbocycles. The molecule has 1 saturated carbocycles. The molecule has 0 bridgehead atoms. The van der Waals surface area contributed by atoms with Crippen molar-refractivity contribution in [2.75, 3.05) is 11.9 Å². The number of hydrogen-bond acceptors (Lipinski definition) is 6. The van der Waals surface area contributed by atoms with Crippen molar-refractivity contribution in [2.45, 2.75) is 63.8 Å². The van der Waals surface area contributed by atoms with E-state index in [2.05, 4.69) is 12.2 Å². The molecule has 1 aromatic rings. The molecule has 0 saturated heterocycles. The molecule has 1 amide bonds. The van der Waals surface area contributed by atoms with E-state index in [1.54, 1.807) is 20.8 Å². The van der Waals surface area contributed by atoms with E-state index < -0.39 is 34.2 Å². The summed E-state index contributed by atoms with van der Waals surface area (Å²) >= 11 is 13.3. The number of amides is 1. The van der Waals surface area contributed by atoms with Gasteiger partial charge in [-0.1, -0.05) is 6.92 Å². The number of fused-ring (bicyclic) bond motifs is 1. The van der Waals surface area contributed by atoms with Crippen molar-refractivity contribution in [1.82, 2.24) is 0 Å². The zero-order valence-corrected chi connectivity index (χ0v) is 19.2. The summed E-state index contributed by atoms with van der Waals surface area (Å²) < 4.78 is 9.32. The van der Waals surface area contributed by atoms with Gasteiger partial charge in [-0.25, -0.2) is 4.79 Å². The van der Waals surface area contributed by atoms with Gasteiger partial charge in [-0.3, -0.25) is 9.59 Å². The van der Waals surface area contributed by atoms with Crippen LogP contribution in [0.4, 0.5) is 5.00 Å². The molecule has 29 heavy (non-hydrogen) atoms. The predicted molar refractivity (Wildman–Crippen MR) is 113 cm³/mol. The number of alkyl halides is 2. The van der Waals surface area contributed by atoms with Gasteiger partial charge in [0, 0.05) is 11.3 Å². The lowest BCUT2D eigenvalue weighted by Crippen LogP contribution is -2.27. The van der Waals surface area contributed by atoms with Crippen molar-refractivity contribution in [1.29, 1.82) is 0 Å². The average Bonchev–Trinajstić information content (AvgIpc) is 2.95. The molecule has 6 nitrogen and oxygen atoms in total. The van der Waals surface area contributed by atoms with Crippen molar-refractivity contribution in [3.05, 3.63) is 16.0 Å². The number of halogens is 2. The Labute approximate surface area is 184 Å². The minimum atomic E-state index is -1.15. The molecule has 0 spiro atoms. The van der Waals surface area contributed by atoms with E-state index >= 15 is 0 Å². The first kappa shape index (κ1) is 22.4. The number of hydrogen-bond donors (Lipinski definition) is 1. The topological polar surface area (TPSA) is 81.7 Å². The first-order valence-electron chi connectivity index (χ1n) is 9.65. The van der Waals surface area contributed by atoms with Crippen molar-refractivity contribution in [2.24, 2.45) is 11.3 Å². The second-order valence-electron chi connectivity index (χ2n) is 8.35. The summed E-state index contributed by atoms with van der Waals surface area (Å²) in [4.78, 5) is 38.3. The van der Waals surface area contributed by atoms with Gasteiger partial charge >= 0.3 is 11.9 Å². The highest BCUT2D eigenvalue weighted by Gasteiger charge is 2.69. The summed E-state index contributed by atoms with van der Waals surface area (Å²) in [5.74, 6) is -1.07. The Balaban J connectivity index is 1.71. The molecule has 1 aromatic heterocycles. The number of carbonyl (C=O) groups excluding carboxylic acids is 3. The summed E-state index contributed by atoms with van der Waals surface area (Å²) in [6, 6.07) is 0. The largest absolute Gasteiger partial charge is 0.459 e. The summed E-state index contributed by atoms with van der Waals surface area (Å²) in [5.41, 5.74) is 0.367. The number of esters is 2. The standard InChI is InChI=1S/C20H25Cl2NO5S/c1-10(2)28-17(25)15-12-6-5-11(3)7-13(12)29-16(15)23-14(24)8-27-18(26)19(4)9-20(19,21)22/h10-11H,5-9H2,1-4H3,(H,23,24). The van der Waals surface area contributed by atoms with E-state index in [0.717, 1.165) is 29.7 Å². The predicted octanol–water partition coefficient (Wildman–Crippen LogP) is 4.50. The number of rotatable bonds is 6. The Morgan fingerprint density at radius 2 is 1.97 bits per heavy atom. The molecule has 2 aliphatic rings. The number of ether oxygens (including phenoxy) is 2. The highest BCUT2D eigenvalue weighted by molar-refractivity contribution is 7.17. The lowest BCUT2D eigenvalue weighted by atomic mass is 9.88. The Bertz CT molecular complexity index is 850. The highest BCUT2D eigenvalue weighted by atomic mass is 35.5. The van der Waals surface area contributed by atoms with E-state index in [1.165, 1.54) is 11.3 Å². The summed E-state index contributed by atoms with van der Waals surface area (Å²) in [7, 11) is 0. The van der Waals surface area contributed by atoms with Gasteiger partial charge in [0.15, 0.2) is 6.61 Å². The fourth-order valence-corrected chi connectivity index (χ4v) is 5.51. The third-order valence-electron chi connectivity index (χ3n) is 5.35. The second kappa shape index (κ2) is 8.08. The van der Waals surface area contributed by atoms with Crippen LogP contribution in [0.2, 0.25) is 0 Å². The highest BCUT2D eigenvalue weighted by Crippen LogP contribution is 2.64. The molecule has 1 N–H and O–H groups in total. The zero-order chi connectivity index (χ0) is 21.6. The second-order valence-corrected chi connectivity index (χ2v) is 10.9. The maximum atomic E-state index is 12.7. The zero-order valence-electron chi connectivity index (χ0n) is 16.9. The van der Waals surface area contributed by atoms with Crippen molar-refractivity contribution in [3.63, 3.8) is 0 Å². The van der Waals surface area contributed by atoms with Gasteiger partial charge in [0.1, 0.15) is 14.7 Å². The van der Waals surface area contributed by atoms with Gasteiger partial charge in [-0.15, -0.1) is 34.5 Å². The van der Waals surface area contributed by atoms with Crippen molar-refractivity contribution in [3.8, 4) is 0 Å². The lowest BCUT2D eigenvalue weighted by molar-refractivity contribution is -0.152. The number of thiophene rings is 1. The molecule has 0 aliphatic heterocycles. The molecule has 2 aliphatic carbocycles. The molecule has 2 unspecified atom stereocenters. The van der Waals surface area contributed by atoms with Crippen LogP contribution in [0.25, 0.3) is 0 Å². The van der Waals surface area contributed by atoms with Crippen LogP contribution < -0.4 is 5.32 Å². The molecule has 3 rings (SSSR count). The first-order valence-corrected chi connectivity index (χ1v) is 11.2. The fraction of sp³-hybridized carbons (Fsp3) is 0.650. The average molecular weight is 462 g/mol. The molecule has 1 fully saturated rings. The van der Waals surface area contributed by atoms with Gasteiger partial charge < -0.3 is 14.8 Å². The number of anilines is 1. The van der Waals surface area contributed by atoms with Crippen LogP contribution in [-0.2, 0) is 31.9 Å². The van der Waals surface area contributed by atoms with E-state index in [1.807, 2.05) is 0 Å². The van der Waals surface area contributed by atoms with Crippen molar-refractivity contribution >= 4 is 57.4 Å². The first-order chi connectivity index (χ1) is 13.4. The van der Waals surface area contributed by atoms with Crippen LogP contribution in [0, 0.1) is 11.3 Å². The molecule has 0 radical (unpaired) electrons. The maximum Gasteiger partial charge on any atom is 0.341 e. The smallest absolute Gasteiger partial charge is 0.341 e.